The van der Waals surface area contributed by atoms with Crippen LogP contribution in [0.2, 0.25) is 0 Å². The molecule has 120 valence electrons. The highest BCUT2D eigenvalue weighted by Gasteiger charge is 2.42. The minimum Gasteiger partial charge on any atom is -0.394 e. The summed E-state index contributed by atoms with van der Waals surface area (Å²) in [6.45, 7) is 2.47. The van der Waals surface area contributed by atoms with Gasteiger partial charge >= 0.3 is 0 Å². The van der Waals surface area contributed by atoms with Crippen LogP contribution in [0.3, 0.4) is 0 Å². The molecule has 0 amide bonds. The van der Waals surface area contributed by atoms with Gasteiger partial charge in [-0.15, -0.1) is 0 Å². The predicted molar refractivity (Wildman–Crippen MR) is 75.1 cm³/mol. The van der Waals surface area contributed by atoms with Gasteiger partial charge in [-0.25, -0.2) is 0 Å². The lowest BCUT2D eigenvalue weighted by atomic mass is 9.98. The second kappa shape index (κ2) is 9.65. The molecule has 0 aromatic heterocycles. The Labute approximate surface area is 120 Å². The van der Waals surface area contributed by atoms with Crippen LogP contribution in [0.25, 0.3) is 0 Å². The van der Waals surface area contributed by atoms with E-state index in [1.54, 1.807) is 0 Å². The lowest BCUT2D eigenvalue weighted by Crippen LogP contribution is -2.62. The van der Waals surface area contributed by atoms with Gasteiger partial charge in [0, 0.05) is 0 Å². The molecule has 0 unspecified atom stereocenters. The van der Waals surface area contributed by atoms with E-state index in [1.165, 1.54) is 25.7 Å². The largest absolute Gasteiger partial charge is 0.394 e. The van der Waals surface area contributed by atoms with E-state index in [-0.39, 0.29) is 6.61 Å². The van der Waals surface area contributed by atoms with Crippen molar-refractivity contribution in [1.29, 1.82) is 0 Å². The van der Waals surface area contributed by atoms with E-state index < -0.39 is 30.6 Å². The van der Waals surface area contributed by atoms with Crippen molar-refractivity contribution in [2.75, 3.05) is 13.2 Å². The van der Waals surface area contributed by atoms with Crippen LogP contribution in [0.4, 0.5) is 0 Å². The molecular formula is C14H29NO5. The lowest BCUT2D eigenvalue weighted by molar-refractivity contribution is -0.236. The molecule has 6 nitrogen and oxygen atoms in total. The summed E-state index contributed by atoms with van der Waals surface area (Å²) in [4.78, 5) is 0. The molecule has 1 heterocycles. The maximum Gasteiger partial charge on any atom is 0.137 e. The SMILES string of the molecule is CCCCCCCCN[C@@H]1O[C@H](CO)[C@H](O)[C@H](O)[C@H]1O. The minimum absolute atomic E-state index is 0.389. The van der Waals surface area contributed by atoms with Crippen LogP contribution in [0.1, 0.15) is 45.4 Å². The van der Waals surface area contributed by atoms with Crippen molar-refractivity contribution >= 4 is 0 Å². The van der Waals surface area contributed by atoms with Gasteiger partial charge in [-0.2, -0.15) is 0 Å². The van der Waals surface area contributed by atoms with E-state index in [1.807, 2.05) is 0 Å². The molecule has 0 saturated carbocycles. The molecule has 0 aromatic carbocycles. The van der Waals surface area contributed by atoms with Gasteiger partial charge in [-0.3, -0.25) is 5.32 Å². The van der Waals surface area contributed by atoms with Crippen LogP contribution in [-0.2, 0) is 4.74 Å². The average molecular weight is 291 g/mol. The Morgan fingerprint density at radius 1 is 0.900 bits per heavy atom. The van der Waals surface area contributed by atoms with Gasteiger partial charge in [0.15, 0.2) is 0 Å². The number of rotatable bonds is 9. The number of nitrogens with one attached hydrogen (secondary N) is 1. The zero-order valence-electron chi connectivity index (χ0n) is 12.2. The van der Waals surface area contributed by atoms with Crippen molar-refractivity contribution in [2.45, 2.75) is 76.1 Å². The fourth-order valence-electron chi connectivity index (χ4n) is 2.42. The summed E-state index contributed by atoms with van der Waals surface area (Å²) in [6, 6.07) is 0. The predicted octanol–water partition coefficient (Wildman–Crippen LogP) is -0.264. The highest BCUT2D eigenvalue weighted by atomic mass is 16.6. The molecule has 1 fully saturated rings. The molecule has 0 spiro atoms. The van der Waals surface area contributed by atoms with Gasteiger partial charge in [0.25, 0.3) is 0 Å². The smallest absolute Gasteiger partial charge is 0.137 e. The third kappa shape index (κ3) is 5.27. The molecule has 5 atom stereocenters. The van der Waals surface area contributed by atoms with Crippen molar-refractivity contribution in [3.8, 4) is 0 Å². The van der Waals surface area contributed by atoms with Gasteiger partial charge in [-0.1, -0.05) is 39.0 Å². The zero-order valence-corrected chi connectivity index (χ0v) is 12.2. The van der Waals surface area contributed by atoms with Crippen LogP contribution in [-0.4, -0.2) is 64.2 Å². The molecule has 1 rings (SSSR count). The molecule has 6 heteroatoms. The standard InChI is InChI=1S/C14H29NO5/c1-2-3-4-5-6-7-8-15-14-13(19)12(18)11(17)10(9-16)20-14/h10-19H,2-9H2,1H3/t10-,11+,12+,13-,14-/m1/s1. The molecule has 1 saturated heterocycles. The van der Waals surface area contributed by atoms with E-state index in [4.69, 9.17) is 9.84 Å². The third-order valence-corrected chi connectivity index (χ3v) is 3.77. The number of unbranched alkanes of at least 4 members (excludes halogenated alkanes) is 5. The normalized spacial score (nSPS) is 34.4. The van der Waals surface area contributed by atoms with E-state index in [9.17, 15) is 15.3 Å². The van der Waals surface area contributed by atoms with Gasteiger partial charge in [0.2, 0.25) is 0 Å². The van der Waals surface area contributed by atoms with E-state index in [0.717, 1.165) is 12.8 Å². The summed E-state index contributed by atoms with van der Waals surface area (Å²) >= 11 is 0. The number of aliphatic hydroxyl groups excluding tert-OH is 4. The van der Waals surface area contributed by atoms with Crippen LogP contribution >= 0.6 is 0 Å². The molecule has 0 aliphatic carbocycles. The van der Waals surface area contributed by atoms with Gasteiger partial charge in [-0.05, 0) is 13.0 Å². The van der Waals surface area contributed by atoms with Crippen molar-refractivity contribution in [2.24, 2.45) is 0 Å². The Morgan fingerprint density at radius 3 is 2.20 bits per heavy atom. The molecule has 0 aromatic rings. The number of hydrogen-bond donors (Lipinski definition) is 5. The summed E-state index contributed by atoms with van der Waals surface area (Å²) in [5.41, 5.74) is 0. The fourth-order valence-corrected chi connectivity index (χ4v) is 2.42. The Morgan fingerprint density at radius 2 is 1.55 bits per heavy atom. The van der Waals surface area contributed by atoms with Crippen LogP contribution < -0.4 is 5.32 Å². The quantitative estimate of drug-likeness (QED) is 0.375. The van der Waals surface area contributed by atoms with E-state index >= 15 is 0 Å². The first-order chi connectivity index (χ1) is 9.61. The van der Waals surface area contributed by atoms with Crippen molar-refractivity contribution in [3.63, 3.8) is 0 Å². The average Bonchev–Trinajstić information content (AvgIpc) is 2.46. The number of hydrogen-bond acceptors (Lipinski definition) is 6. The maximum absolute atomic E-state index is 9.81. The van der Waals surface area contributed by atoms with Gasteiger partial charge < -0.3 is 25.2 Å². The number of ether oxygens (including phenoxy) is 1. The second-order valence-electron chi connectivity index (χ2n) is 5.47. The van der Waals surface area contributed by atoms with Crippen molar-refractivity contribution < 1.29 is 25.2 Å². The number of aliphatic hydroxyl groups is 4. The lowest BCUT2D eigenvalue weighted by Gasteiger charge is -2.40. The van der Waals surface area contributed by atoms with Crippen LogP contribution in [0.15, 0.2) is 0 Å². The van der Waals surface area contributed by atoms with Gasteiger partial charge in [0.05, 0.1) is 6.61 Å². The zero-order chi connectivity index (χ0) is 15.0. The highest BCUT2D eigenvalue weighted by Crippen LogP contribution is 2.19. The minimum atomic E-state index is -1.30. The maximum atomic E-state index is 9.81. The van der Waals surface area contributed by atoms with Crippen molar-refractivity contribution in [1.82, 2.24) is 5.32 Å². The molecule has 0 radical (unpaired) electrons. The fraction of sp³-hybridized carbons (Fsp3) is 1.00. The topological polar surface area (TPSA) is 102 Å². The van der Waals surface area contributed by atoms with E-state index in [0.29, 0.717) is 6.54 Å². The molecule has 5 N–H and O–H groups in total. The van der Waals surface area contributed by atoms with Crippen LogP contribution in [0, 0.1) is 0 Å². The van der Waals surface area contributed by atoms with Crippen molar-refractivity contribution in [3.05, 3.63) is 0 Å². The second-order valence-corrected chi connectivity index (χ2v) is 5.47. The monoisotopic (exact) mass is 291 g/mol. The van der Waals surface area contributed by atoms with Gasteiger partial charge in [0.1, 0.15) is 30.6 Å². The first-order valence-corrected chi connectivity index (χ1v) is 7.65. The first-order valence-electron chi connectivity index (χ1n) is 7.65. The summed E-state index contributed by atoms with van der Waals surface area (Å²) in [7, 11) is 0. The highest BCUT2D eigenvalue weighted by molar-refractivity contribution is 4.90. The summed E-state index contributed by atoms with van der Waals surface area (Å²) < 4.78 is 5.35. The Bertz CT molecular complexity index is 252. The third-order valence-electron chi connectivity index (χ3n) is 3.77. The van der Waals surface area contributed by atoms with E-state index in [2.05, 4.69) is 12.2 Å². The molecule has 0 bridgehead atoms. The summed E-state index contributed by atoms with van der Waals surface area (Å²) in [5, 5.41) is 41.2. The summed E-state index contributed by atoms with van der Waals surface area (Å²) in [6.07, 6.45) is 1.65. The first kappa shape index (κ1) is 17.8. The molecule has 1 aliphatic heterocycles. The summed E-state index contributed by atoms with van der Waals surface area (Å²) in [5.74, 6) is 0. The Balaban J connectivity index is 2.21. The van der Waals surface area contributed by atoms with Crippen LogP contribution in [0.5, 0.6) is 0 Å². The molecular weight excluding hydrogens is 262 g/mol. The molecule has 1 aliphatic rings. The Hall–Kier alpha value is -0.240. The molecule has 20 heavy (non-hydrogen) atoms. The Kier molecular flexibility index (Phi) is 8.60.